The van der Waals surface area contributed by atoms with Gasteiger partial charge in [0.2, 0.25) is 0 Å². The van der Waals surface area contributed by atoms with Gasteiger partial charge < -0.3 is 10.6 Å². The number of nitrogens with one attached hydrogen (secondary N) is 1. The van der Waals surface area contributed by atoms with E-state index in [0.29, 0.717) is 17.9 Å². The summed E-state index contributed by atoms with van der Waals surface area (Å²) < 4.78 is 0.987. The molecule has 19 heavy (non-hydrogen) atoms. The van der Waals surface area contributed by atoms with Crippen molar-refractivity contribution in [2.45, 2.75) is 13.5 Å². The summed E-state index contributed by atoms with van der Waals surface area (Å²) in [5, 5.41) is 6.66. The number of aromatic nitrogens is 2. The lowest BCUT2D eigenvalue weighted by Crippen LogP contribution is -2.27. The Morgan fingerprint density at radius 2 is 2.26 bits per heavy atom. The largest absolute Gasteiger partial charge is 0.395 e. The minimum Gasteiger partial charge on any atom is -0.395 e. The Balaban J connectivity index is 2.14. The van der Waals surface area contributed by atoms with Crippen LogP contribution in [0.1, 0.15) is 21.7 Å². The first-order chi connectivity index (χ1) is 8.99. The third kappa shape index (κ3) is 2.96. The second-order valence-electron chi connectivity index (χ2n) is 4.40. The number of aryl methyl sites for hydroxylation is 1. The van der Waals surface area contributed by atoms with Gasteiger partial charge >= 0.3 is 0 Å². The standard InChI is InChI=1S/C13H15BrN4O/c1-8-11(15)12(17-16-8)13(19)18(2)7-9-4-3-5-10(14)6-9/h3-6H,7,15H2,1-2H3,(H,16,17). The lowest BCUT2D eigenvalue weighted by atomic mass is 10.2. The fourth-order valence-electron chi connectivity index (χ4n) is 1.76. The Hall–Kier alpha value is -1.82. The molecule has 0 saturated heterocycles. The fraction of sp³-hybridized carbons (Fsp3) is 0.231. The number of carbonyl (C=O) groups is 1. The molecule has 100 valence electrons. The molecule has 0 bridgehead atoms. The summed E-state index contributed by atoms with van der Waals surface area (Å²) in [5.74, 6) is -0.193. The van der Waals surface area contributed by atoms with E-state index in [4.69, 9.17) is 5.73 Å². The molecular weight excluding hydrogens is 308 g/mol. The molecule has 6 heteroatoms. The van der Waals surface area contributed by atoms with Crippen LogP contribution in [0.4, 0.5) is 5.69 Å². The van der Waals surface area contributed by atoms with Crippen molar-refractivity contribution < 1.29 is 4.79 Å². The molecule has 0 unspecified atom stereocenters. The molecule has 1 heterocycles. The lowest BCUT2D eigenvalue weighted by Gasteiger charge is -2.16. The molecular formula is C13H15BrN4O. The van der Waals surface area contributed by atoms with Crippen molar-refractivity contribution in [2.75, 3.05) is 12.8 Å². The summed E-state index contributed by atoms with van der Waals surface area (Å²) in [5.41, 5.74) is 8.24. The summed E-state index contributed by atoms with van der Waals surface area (Å²) in [6, 6.07) is 7.82. The van der Waals surface area contributed by atoms with Crippen LogP contribution in [0.15, 0.2) is 28.7 Å². The molecule has 1 aromatic heterocycles. The minimum atomic E-state index is -0.193. The molecule has 3 N–H and O–H groups in total. The minimum absolute atomic E-state index is 0.193. The van der Waals surface area contributed by atoms with Crippen molar-refractivity contribution >= 4 is 27.5 Å². The van der Waals surface area contributed by atoms with E-state index in [1.807, 2.05) is 24.3 Å². The molecule has 0 saturated carbocycles. The highest BCUT2D eigenvalue weighted by atomic mass is 79.9. The maximum Gasteiger partial charge on any atom is 0.276 e. The third-order valence-electron chi connectivity index (χ3n) is 2.85. The monoisotopic (exact) mass is 322 g/mol. The normalized spacial score (nSPS) is 10.5. The van der Waals surface area contributed by atoms with E-state index in [-0.39, 0.29) is 11.6 Å². The van der Waals surface area contributed by atoms with Crippen LogP contribution in [0.25, 0.3) is 0 Å². The lowest BCUT2D eigenvalue weighted by molar-refractivity contribution is 0.0780. The number of aromatic amines is 1. The molecule has 0 spiro atoms. The van der Waals surface area contributed by atoms with E-state index in [1.165, 1.54) is 0 Å². The predicted molar refractivity (Wildman–Crippen MR) is 77.7 cm³/mol. The van der Waals surface area contributed by atoms with Crippen LogP contribution in [-0.2, 0) is 6.54 Å². The van der Waals surface area contributed by atoms with Gasteiger partial charge in [0.15, 0.2) is 5.69 Å². The predicted octanol–water partition coefficient (Wildman–Crippen LogP) is 2.34. The van der Waals surface area contributed by atoms with Crippen LogP contribution < -0.4 is 5.73 Å². The number of hydrogen-bond donors (Lipinski definition) is 2. The van der Waals surface area contributed by atoms with Crippen molar-refractivity contribution in [2.24, 2.45) is 0 Å². The van der Waals surface area contributed by atoms with Gasteiger partial charge in [-0.15, -0.1) is 0 Å². The van der Waals surface area contributed by atoms with Gasteiger partial charge in [-0.05, 0) is 24.6 Å². The van der Waals surface area contributed by atoms with Crippen LogP contribution in [-0.4, -0.2) is 28.1 Å². The van der Waals surface area contributed by atoms with Gasteiger partial charge in [0, 0.05) is 18.1 Å². The highest BCUT2D eigenvalue weighted by Crippen LogP contribution is 2.17. The molecule has 0 radical (unpaired) electrons. The number of rotatable bonds is 3. The Bertz CT molecular complexity index is 608. The molecule has 1 aromatic carbocycles. The molecule has 0 fully saturated rings. The van der Waals surface area contributed by atoms with Crippen LogP contribution in [0.3, 0.4) is 0 Å². The number of H-pyrrole nitrogens is 1. The van der Waals surface area contributed by atoms with Crippen molar-refractivity contribution in [3.63, 3.8) is 0 Å². The highest BCUT2D eigenvalue weighted by Gasteiger charge is 2.19. The Labute approximate surface area is 119 Å². The fourth-order valence-corrected chi connectivity index (χ4v) is 2.21. The smallest absolute Gasteiger partial charge is 0.276 e. The average molecular weight is 323 g/mol. The van der Waals surface area contributed by atoms with Gasteiger partial charge in [0.05, 0.1) is 11.4 Å². The topological polar surface area (TPSA) is 75.0 Å². The summed E-state index contributed by atoms with van der Waals surface area (Å²) in [7, 11) is 1.73. The highest BCUT2D eigenvalue weighted by molar-refractivity contribution is 9.10. The summed E-state index contributed by atoms with van der Waals surface area (Å²) in [6.07, 6.45) is 0. The Morgan fingerprint density at radius 3 is 2.84 bits per heavy atom. The SMILES string of the molecule is Cc1[nH]nc(C(=O)N(C)Cc2cccc(Br)c2)c1N. The number of nitrogens with two attached hydrogens (primary N) is 1. The maximum absolute atomic E-state index is 12.2. The van der Waals surface area contributed by atoms with Gasteiger partial charge in [0.1, 0.15) is 0 Å². The average Bonchev–Trinajstić information content (AvgIpc) is 2.69. The first kappa shape index (κ1) is 13.6. The molecule has 0 aliphatic heterocycles. The van der Waals surface area contributed by atoms with Crippen molar-refractivity contribution in [1.29, 1.82) is 0 Å². The van der Waals surface area contributed by atoms with E-state index in [0.717, 1.165) is 10.0 Å². The number of nitrogens with zero attached hydrogens (tertiary/aromatic N) is 2. The molecule has 2 rings (SSSR count). The van der Waals surface area contributed by atoms with Crippen LogP contribution >= 0.6 is 15.9 Å². The van der Waals surface area contributed by atoms with E-state index in [1.54, 1.807) is 18.9 Å². The van der Waals surface area contributed by atoms with Gasteiger partial charge in [-0.1, -0.05) is 28.1 Å². The number of benzene rings is 1. The number of carbonyl (C=O) groups excluding carboxylic acids is 1. The van der Waals surface area contributed by atoms with E-state index < -0.39 is 0 Å². The van der Waals surface area contributed by atoms with Crippen molar-refractivity contribution in [1.82, 2.24) is 15.1 Å². The number of amides is 1. The zero-order valence-electron chi connectivity index (χ0n) is 10.8. The molecule has 0 aliphatic rings. The van der Waals surface area contributed by atoms with Gasteiger partial charge in [0.25, 0.3) is 5.91 Å². The van der Waals surface area contributed by atoms with Gasteiger partial charge in [-0.2, -0.15) is 5.10 Å². The summed E-state index contributed by atoms with van der Waals surface area (Å²) >= 11 is 3.41. The molecule has 5 nitrogen and oxygen atoms in total. The van der Waals surface area contributed by atoms with Crippen molar-refractivity contribution in [3.05, 3.63) is 45.7 Å². The van der Waals surface area contributed by atoms with Crippen LogP contribution in [0, 0.1) is 6.92 Å². The van der Waals surface area contributed by atoms with Crippen LogP contribution in [0.5, 0.6) is 0 Å². The first-order valence-electron chi connectivity index (χ1n) is 5.79. The maximum atomic E-state index is 12.2. The zero-order valence-corrected chi connectivity index (χ0v) is 12.4. The third-order valence-corrected chi connectivity index (χ3v) is 3.35. The quantitative estimate of drug-likeness (QED) is 0.910. The number of hydrogen-bond acceptors (Lipinski definition) is 3. The summed E-state index contributed by atoms with van der Waals surface area (Å²) in [6.45, 7) is 2.29. The van der Waals surface area contributed by atoms with Gasteiger partial charge in [-0.25, -0.2) is 0 Å². The second kappa shape index (κ2) is 5.44. The van der Waals surface area contributed by atoms with E-state index in [9.17, 15) is 4.79 Å². The zero-order chi connectivity index (χ0) is 14.0. The second-order valence-corrected chi connectivity index (χ2v) is 5.32. The molecule has 0 atom stereocenters. The van der Waals surface area contributed by atoms with E-state index >= 15 is 0 Å². The Kier molecular flexibility index (Phi) is 3.90. The number of anilines is 1. The molecule has 2 aromatic rings. The number of halogens is 1. The van der Waals surface area contributed by atoms with E-state index in [2.05, 4.69) is 26.1 Å². The Morgan fingerprint density at radius 1 is 1.53 bits per heavy atom. The molecule has 0 aliphatic carbocycles. The number of nitrogen functional groups attached to an aromatic ring is 1. The van der Waals surface area contributed by atoms with Gasteiger partial charge in [-0.3, -0.25) is 9.89 Å². The van der Waals surface area contributed by atoms with Crippen LogP contribution in [0.2, 0.25) is 0 Å². The first-order valence-corrected chi connectivity index (χ1v) is 6.58. The molecule has 1 amide bonds. The van der Waals surface area contributed by atoms with Crippen molar-refractivity contribution in [3.8, 4) is 0 Å². The summed E-state index contributed by atoms with van der Waals surface area (Å²) in [4.78, 5) is 13.8.